The van der Waals surface area contributed by atoms with E-state index >= 15 is 0 Å². The summed E-state index contributed by atoms with van der Waals surface area (Å²) in [5.41, 5.74) is -11.6. The average molecular weight is 939 g/mol. The quantitative estimate of drug-likeness (QED) is 0.214. The molecule has 1 saturated heterocycles. The van der Waals surface area contributed by atoms with Gasteiger partial charge in [0, 0.05) is 64.7 Å². The highest BCUT2D eigenvalue weighted by atomic mass is 16.7. The van der Waals surface area contributed by atoms with E-state index in [4.69, 9.17) is 42.6 Å². The zero-order chi connectivity index (χ0) is 49.7. The van der Waals surface area contributed by atoms with Crippen LogP contribution in [0.3, 0.4) is 0 Å². The number of pyridine rings is 2. The minimum atomic E-state index is -2.96. The molecule has 3 fully saturated rings. The van der Waals surface area contributed by atoms with Gasteiger partial charge in [-0.05, 0) is 45.9 Å². The van der Waals surface area contributed by atoms with Crippen LogP contribution in [-0.4, -0.2) is 129 Å². The van der Waals surface area contributed by atoms with Gasteiger partial charge in [-0.15, -0.1) is 0 Å². The van der Waals surface area contributed by atoms with Crippen molar-refractivity contribution in [3.05, 3.63) is 75.5 Å². The van der Waals surface area contributed by atoms with E-state index in [0.29, 0.717) is 0 Å². The molecule has 0 aromatic carbocycles. The maximum absolute atomic E-state index is 14.8. The Kier molecular flexibility index (Phi) is 13.6. The third-order valence-electron chi connectivity index (χ3n) is 13.4. The van der Waals surface area contributed by atoms with E-state index < -0.39 is 143 Å². The van der Waals surface area contributed by atoms with Gasteiger partial charge in [-0.25, -0.2) is 14.4 Å². The molecule has 13 atom stereocenters. The Balaban J connectivity index is 1.83. The fourth-order valence-corrected chi connectivity index (χ4v) is 10.1. The molecule has 1 N–H and O–H groups in total. The van der Waals surface area contributed by atoms with E-state index in [1.807, 2.05) is 0 Å². The van der Waals surface area contributed by atoms with E-state index in [1.165, 1.54) is 59.1 Å². The Morgan fingerprint density at radius 1 is 0.836 bits per heavy atom. The van der Waals surface area contributed by atoms with Crippen LogP contribution in [0.1, 0.15) is 102 Å². The summed E-state index contributed by atoms with van der Waals surface area (Å²) >= 11 is 0. The summed E-state index contributed by atoms with van der Waals surface area (Å²) in [5.74, 6) is -12.4. The standard InChI is InChI=1S/C46H54N2O19/c1-12-21(2)39(54)66-38-34(64-41(56)28-15-16-30(53)48(11)18-28)36-44(10,58)46-35(62-26(7)51)31(33(61-25(6)50)37(63-27(8)52)45(38,46)20-59-24(5)49)43(9,67-46)19-60-42(57)29-14-13-17-47-32(29)22(3)23(4)40(55)65-36/h12-18,22-23,31,33-38,58H,19-20H2,1-11H3/b21-12+/t22-,23-,31+,33+,34-,35+,36-,37+,38-,43-,44-,45+,46-/m0/s1. The number of esters is 8. The first-order chi connectivity index (χ1) is 31.3. The Bertz CT molecular complexity index is 2480. The third kappa shape index (κ3) is 8.36. The number of allylic oxidation sites excluding steroid dienone is 1. The first-order valence-electron chi connectivity index (χ1n) is 21.4. The van der Waals surface area contributed by atoms with E-state index in [-0.39, 0.29) is 22.4 Å². The number of aliphatic hydroxyl groups is 1. The molecule has 0 amide bonds. The Labute approximate surface area is 384 Å². The zero-order valence-electron chi connectivity index (χ0n) is 38.8. The monoisotopic (exact) mass is 938 g/mol. The van der Waals surface area contributed by atoms with E-state index in [1.54, 1.807) is 6.92 Å². The summed E-state index contributed by atoms with van der Waals surface area (Å²) in [6.45, 7) is 10.3. The van der Waals surface area contributed by atoms with Gasteiger partial charge in [0.1, 0.15) is 42.0 Å². The fourth-order valence-electron chi connectivity index (χ4n) is 10.1. The largest absolute Gasteiger partial charge is 0.465 e. The number of cyclic esters (lactones) is 1. The lowest BCUT2D eigenvalue weighted by molar-refractivity contribution is -0.386. The molecule has 2 aromatic rings. The van der Waals surface area contributed by atoms with Crippen molar-refractivity contribution in [1.29, 1.82) is 0 Å². The number of hydrogen-bond acceptors (Lipinski definition) is 20. The highest BCUT2D eigenvalue weighted by molar-refractivity contribution is 5.91. The molecule has 362 valence electrons. The van der Waals surface area contributed by atoms with Crippen molar-refractivity contribution in [1.82, 2.24) is 9.55 Å². The minimum absolute atomic E-state index is 0.0728. The Hall–Kier alpha value is -6.48. The predicted molar refractivity (Wildman–Crippen MR) is 224 cm³/mol. The molecular formula is C46H54N2O19. The molecule has 67 heavy (non-hydrogen) atoms. The number of ether oxygens (including phenoxy) is 9. The molecule has 6 rings (SSSR count). The smallest absolute Gasteiger partial charge is 0.340 e. The first kappa shape index (κ1) is 49.9. The van der Waals surface area contributed by atoms with Gasteiger partial charge in [0.15, 0.2) is 30.0 Å². The van der Waals surface area contributed by atoms with Crippen LogP contribution in [0.5, 0.6) is 0 Å². The van der Waals surface area contributed by atoms with Crippen molar-refractivity contribution >= 4 is 47.8 Å². The summed E-state index contributed by atoms with van der Waals surface area (Å²) in [6.07, 6.45) is -8.94. The predicted octanol–water partition coefficient (Wildman–Crippen LogP) is 1.97. The summed E-state index contributed by atoms with van der Waals surface area (Å²) in [4.78, 5) is 128. The summed E-state index contributed by atoms with van der Waals surface area (Å²) < 4.78 is 57.2. The molecule has 4 bridgehead atoms. The Morgan fingerprint density at radius 2 is 1.46 bits per heavy atom. The summed E-state index contributed by atoms with van der Waals surface area (Å²) in [6, 6.07) is 5.04. The van der Waals surface area contributed by atoms with Gasteiger partial charge >= 0.3 is 47.8 Å². The summed E-state index contributed by atoms with van der Waals surface area (Å²) in [5, 5.41) is 13.8. The van der Waals surface area contributed by atoms with Crippen molar-refractivity contribution in [2.45, 2.75) is 129 Å². The number of hydrogen-bond donors (Lipinski definition) is 1. The van der Waals surface area contributed by atoms with E-state index in [9.17, 15) is 48.3 Å². The van der Waals surface area contributed by atoms with Crippen LogP contribution in [0, 0.1) is 17.3 Å². The van der Waals surface area contributed by atoms with Crippen LogP contribution in [0.4, 0.5) is 0 Å². The van der Waals surface area contributed by atoms with Crippen LogP contribution < -0.4 is 5.56 Å². The van der Waals surface area contributed by atoms with Gasteiger partial charge in [0.05, 0.1) is 28.7 Å². The number of aromatic nitrogens is 2. The molecule has 1 spiro atoms. The molecule has 4 heterocycles. The lowest BCUT2D eigenvalue weighted by Crippen LogP contribution is -2.89. The molecule has 2 aliphatic carbocycles. The highest BCUT2D eigenvalue weighted by Gasteiger charge is 2.92. The Morgan fingerprint density at radius 3 is 2.06 bits per heavy atom. The molecule has 2 saturated carbocycles. The zero-order valence-corrected chi connectivity index (χ0v) is 38.8. The normalized spacial score (nSPS) is 34.5. The van der Waals surface area contributed by atoms with E-state index in [2.05, 4.69) is 4.98 Å². The van der Waals surface area contributed by atoms with E-state index in [0.717, 1.165) is 57.5 Å². The molecule has 0 radical (unpaired) electrons. The molecule has 0 unspecified atom stereocenters. The van der Waals surface area contributed by atoms with Crippen molar-refractivity contribution in [3.63, 3.8) is 0 Å². The SMILES string of the molecule is C/C=C(\C)C(=O)O[C@H]1[C@@H](OC(=O)c2ccc(=O)n(C)c2)[C@@H]2OC(=O)[C@@H](C)[C@H](C)c3ncccc3C(=O)OC[C@]3(C)O[C@@]4([C@H](OC(C)=O)[C@H]3[C@@H](OC(C)=O)[C@@H](OC(C)=O)[C@]14COC(C)=O)[C@@]2(C)O. The molecule has 2 aliphatic heterocycles. The fraction of sp³-hybridized carbons (Fsp3) is 0.565. The molecule has 2 aromatic heterocycles. The second-order valence-electron chi connectivity index (χ2n) is 17.8. The van der Waals surface area contributed by atoms with Crippen LogP contribution in [0.2, 0.25) is 0 Å². The van der Waals surface area contributed by atoms with Gasteiger partial charge in [-0.2, -0.15) is 0 Å². The maximum Gasteiger partial charge on any atom is 0.340 e. The lowest BCUT2D eigenvalue weighted by Gasteiger charge is -2.67. The number of carbonyl (C=O) groups is 8. The van der Waals surface area contributed by atoms with Crippen molar-refractivity contribution < 1.29 is 86.1 Å². The lowest BCUT2D eigenvalue weighted by atomic mass is 9.45. The van der Waals surface area contributed by atoms with Crippen molar-refractivity contribution in [2.24, 2.45) is 24.3 Å². The minimum Gasteiger partial charge on any atom is -0.465 e. The van der Waals surface area contributed by atoms with Gasteiger partial charge in [0.25, 0.3) is 0 Å². The molecule has 21 heteroatoms. The molecular weight excluding hydrogens is 885 g/mol. The average Bonchev–Trinajstić information content (AvgIpc) is 3.48. The van der Waals surface area contributed by atoms with Crippen molar-refractivity contribution in [2.75, 3.05) is 13.2 Å². The second kappa shape index (κ2) is 18.3. The summed E-state index contributed by atoms with van der Waals surface area (Å²) in [7, 11) is 1.35. The topological polar surface area (TPSA) is 275 Å². The second-order valence-corrected chi connectivity index (χ2v) is 17.8. The number of aryl methyl sites for hydroxylation is 1. The van der Waals surface area contributed by atoms with Gasteiger partial charge in [-0.1, -0.05) is 19.9 Å². The van der Waals surface area contributed by atoms with Crippen molar-refractivity contribution in [3.8, 4) is 0 Å². The van der Waals surface area contributed by atoms with Gasteiger partial charge in [0.2, 0.25) is 5.56 Å². The molecule has 21 nitrogen and oxygen atoms in total. The first-order valence-corrected chi connectivity index (χ1v) is 21.4. The van der Waals surface area contributed by atoms with Crippen LogP contribution >= 0.6 is 0 Å². The number of rotatable bonds is 9. The molecule has 4 aliphatic rings. The highest BCUT2D eigenvalue weighted by Crippen LogP contribution is 2.70. The van der Waals surface area contributed by atoms with Gasteiger partial charge < -0.3 is 52.3 Å². The number of fused-ring (bicyclic) bond motifs is 5. The van der Waals surface area contributed by atoms with Gasteiger partial charge in [-0.3, -0.25) is 33.8 Å². The van der Waals surface area contributed by atoms with Crippen LogP contribution in [-0.2, 0) is 78.4 Å². The number of nitrogens with zero attached hydrogens (tertiary/aromatic N) is 2. The van der Waals surface area contributed by atoms with Crippen LogP contribution in [0.15, 0.2) is 53.1 Å². The maximum atomic E-state index is 14.8. The number of carbonyl (C=O) groups excluding carboxylic acids is 8. The third-order valence-corrected chi connectivity index (χ3v) is 13.4. The van der Waals surface area contributed by atoms with Crippen LogP contribution in [0.25, 0.3) is 0 Å².